The standard InChI is InChI=1S/C18H29BN2O4.2ClH/c1-14-4-6-15(7-5-14)12-21-11-8-16(13-21)18(20,17(22)23)9-2-3-10-19(24)25;;/h4-7,16,24-25H,2-3,8-13,20H2,1H3,(H,22,23);2*1H/t16-,18?;;/m1../s1. The van der Waals surface area contributed by atoms with Crippen LogP contribution in [-0.4, -0.2) is 51.8 Å². The highest BCUT2D eigenvalue weighted by atomic mass is 35.5. The normalized spacial score (nSPS) is 18.9. The largest absolute Gasteiger partial charge is 0.480 e. The van der Waals surface area contributed by atoms with Gasteiger partial charge in [0.15, 0.2) is 0 Å². The number of carboxylic acids is 1. The molecule has 0 amide bonds. The van der Waals surface area contributed by atoms with Crippen LogP contribution < -0.4 is 5.73 Å². The number of aliphatic carboxylic acids is 1. The summed E-state index contributed by atoms with van der Waals surface area (Å²) in [6.45, 7) is 4.39. The Bertz CT molecular complexity index is 577. The van der Waals surface area contributed by atoms with E-state index in [0.29, 0.717) is 25.8 Å². The number of hydrogen-bond acceptors (Lipinski definition) is 5. The smallest absolute Gasteiger partial charge is 0.451 e. The van der Waals surface area contributed by atoms with E-state index >= 15 is 0 Å². The molecule has 9 heteroatoms. The highest BCUT2D eigenvalue weighted by molar-refractivity contribution is 6.40. The Morgan fingerprint density at radius 3 is 2.44 bits per heavy atom. The third kappa shape index (κ3) is 7.60. The molecule has 1 unspecified atom stereocenters. The first-order chi connectivity index (χ1) is 11.8. The predicted octanol–water partition coefficient (Wildman–Crippen LogP) is 2.09. The number of hydrogen-bond donors (Lipinski definition) is 4. The van der Waals surface area contributed by atoms with Crippen LogP contribution in [0, 0.1) is 12.8 Å². The summed E-state index contributed by atoms with van der Waals surface area (Å²) in [5.74, 6) is -1.05. The first-order valence-electron chi connectivity index (χ1n) is 8.97. The van der Waals surface area contributed by atoms with Gasteiger partial charge in [-0.3, -0.25) is 9.69 Å². The Morgan fingerprint density at radius 1 is 1.26 bits per heavy atom. The summed E-state index contributed by atoms with van der Waals surface area (Å²) in [7, 11) is -1.34. The molecular weight excluding hydrogens is 390 g/mol. The van der Waals surface area contributed by atoms with E-state index < -0.39 is 18.6 Å². The molecule has 27 heavy (non-hydrogen) atoms. The van der Waals surface area contributed by atoms with Crippen molar-refractivity contribution in [1.29, 1.82) is 0 Å². The Morgan fingerprint density at radius 2 is 1.89 bits per heavy atom. The number of likely N-dealkylation sites (tertiary alicyclic amines) is 1. The van der Waals surface area contributed by atoms with E-state index in [4.69, 9.17) is 15.8 Å². The average Bonchev–Trinajstić information content (AvgIpc) is 3.02. The summed E-state index contributed by atoms with van der Waals surface area (Å²) in [4.78, 5) is 14.1. The molecule has 0 saturated carbocycles. The lowest BCUT2D eigenvalue weighted by molar-refractivity contribution is -0.145. The molecule has 1 saturated heterocycles. The van der Waals surface area contributed by atoms with Crippen LogP contribution in [0.4, 0.5) is 0 Å². The quantitative estimate of drug-likeness (QED) is 0.360. The lowest BCUT2D eigenvalue weighted by atomic mass is 9.77. The summed E-state index contributed by atoms with van der Waals surface area (Å²) < 4.78 is 0. The van der Waals surface area contributed by atoms with Gasteiger partial charge >= 0.3 is 13.1 Å². The van der Waals surface area contributed by atoms with Crippen molar-refractivity contribution in [3.8, 4) is 0 Å². The van der Waals surface area contributed by atoms with Crippen LogP contribution in [0.15, 0.2) is 24.3 Å². The van der Waals surface area contributed by atoms with E-state index in [1.807, 2.05) is 0 Å². The Kier molecular flexibility index (Phi) is 11.5. The molecule has 1 fully saturated rings. The fourth-order valence-electron chi connectivity index (χ4n) is 3.58. The molecule has 154 valence electrons. The molecule has 1 aliphatic heterocycles. The van der Waals surface area contributed by atoms with Gasteiger partial charge in [0.1, 0.15) is 5.54 Å². The molecule has 1 heterocycles. The van der Waals surface area contributed by atoms with Gasteiger partial charge in [-0.1, -0.05) is 42.7 Å². The summed E-state index contributed by atoms with van der Waals surface area (Å²) in [6, 6.07) is 8.39. The first-order valence-corrected chi connectivity index (χ1v) is 8.97. The molecule has 0 radical (unpaired) electrons. The molecule has 0 bridgehead atoms. The highest BCUT2D eigenvalue weighted by Crippen LogP contribution is 2.31. The van der Waals surface area contributed by atoms with Crippen LogP contribution in [-0.2, 0) is 11.3 Å². The van der Waals surface area contributed by atoms with Gasteiger partial charge in [0.05, 0.1) is 0 Å². The van der Waals surface area contributed by atoms with E-state index in [9.17, 15) is 9.90 Å². The van der Waals surface area contributed by atoms with Crippen LogP contribution in [0.5, 0.6) is 0 Å². The third-order valence-corrected chi connectivity index (χ3v) is 5.23. The average molecular weight is 421 g/mol. The monoisotopic (exact) mass is 420 g/mol. The van der Waals surface area contributed by atoms with Gasteiger partial charge in [0.25, 0.3) is 0 Å². The summed E-state index contributed by atoms with van der Waals surface area (Å²) >= 11 is 0. The van der Waals surface area contributed by atoms with Crippen LogP contribution in [0.2, 0.25) is 6.32 Å². The number of carboxylic acid groups (broad SMARTS) is 1. The number of benzene rings is 1. The van der Waals surface area contributed by atoms with E-state index in [2.05, 4.69) is 36.1 Å². The van der Waals surface area contributed by atoms with Crippen LogP contribution in [0.3, 0.4) is 0 Å². The van der Waals surface area contributed by atoms with Crippen molar-refractivity contribution in [1.82, 2.24) is 4.90 Å². The van der Waals surface area contributed by atoms with Crippen LogP contribution in [0.25, 0.3) is 0 Å². The van der Waals surface area contributed by atoms with Crippen molar-refractivity contribution in [2.24, 2.45) is 11.7 Å². The maximum atomic E-state index is 11.8. The van der Waals surface area contributed by atoms with E-state index in [0.717, 1.165) is 19.5 Å². The molecular formula is C18H31BCl2N2O4. The summed E-state index contributed by atoms with van der Waals surface area (Å²) in [5.41, 5.74) is 7.49. The minimum atomic E-state index is -1.34. The van der Waals surface area contributed by atoms with Crippen molar-refractivity contribution < 1.29 is 19.9 Å². The maximum Gasteiger partial charge on any atom is 0.451 e. The second kappa shape index (κ2) is 11.9. The second-order valence-electron chi connectivity index (χ2n) is 7.28. The van der Waals surface area contributed by atoms with Crippen molar-refractivity contribution in [2.75, 3.05) is 13.1 Å². The molecule has 6 nitrogen and oxygen atoms in total. The minimum absolute atomic E-state index is 0. The van der Waals surface area contributed by atoms with Crippen molar-refractivity contribution >= 4 is 37.9 Å². The Balaban J connectivity index is 0.00000338. The fraction of sp³-hybridized carbons (Fsp3) is 0.611. The van der Waals surface area contributed by atoms with Gasteiger partial charge in [-0.15, -0.1) is 24.8 Å². The van der Waals surface area contributed by atoms with Crippen LogP contribution in [0.1, 0.15) is 36.8 Å². The second-order valence-corrected chi connectivity index (χ2v) is 7.28. The topological polar surface area (TPSA) is 107 Å². The molecule has 0 aromatic heterocycles. The number of nitrogens with zero attached hydrogens (tertiary/aromatic N) is 1. The number of carbonyl (C=O) groups is 1. The molecule has 5 N–H and O–H groups in total. The summed E-state index contributed by atoms with van der Waals surface area (Å²) in [6.07, 6.45) is 2.52. The number of aryl methyl sites for hydroxylation is 1. The third-order valence-electron chi connectivity index (χ3n) is 5.23. The molecule has 0 spiro atoms. The molecule has 1 aliphatic rings. The minimum Gasteiger partial charge on any atom is -0.480 e. The van der Waals surface area contributed by atoms with Crippen molar-refractivity contribution in [3.05, 3.63) is 35.4 Å². The lowest BCUT2D eigenvalue weighted by Crippen LogP contribution is -2.55. The van der Waals surface area contributed by atoms with Gasteiger partial charge in [-0.05, 0) is 38.2 Å². The SMILES string of the molecule is Cc1ccc(CN2CC[C@@H](C(N)(CCCCB(O)O)C(=O)O)C2)cc1.Cl.Cl. The summed E-state index contributed by atoms with van der Waals surface area (Å²) in [5, 5.41) is 27.5. The van der Waals surface area contributed by atoms with Gasteiger partial charge < -0.3 is 20.9 Å². The number of halogens is 2. The molecule has 1 aromatic carbocycles. The molecule has 1 aromatic rings. The Labute approximate surface area is 174 Å². The number of unbranched alkanes of at least 4 members (excludes halogenated alkanes) is 1. The van der Waals surface area contributed by atoms with E-state index in [1.54, 1.807) is 0 Å². The van der Waals surface area contributed by atoms with E-state index in [1.165, 1.54) is 11.1 Å². The molecule has 2 rings (SSSR count). The fourth-order valence-corrected chi connectivity index (χ4v) is 3.58. The van der Waals surface area contributed by atoms with Crippen molar-refractivity contribution in [2.45, 2.75) is 51.0 Å². The maximum absolute atomic E-state index is 11.8. The number of nitrogens with two attached hydrogens (primary N) is 1. The predicted molar refractivity (Wildman–Crippen MR) is 112 cm³/mol. The van der Waals surface area contributed by atoms with E-state index in [-0.39, 0.29) is 37.1 Å². The Hall–Kier alpha value is -0.825. The number of rotatable bonds is 9. The van der Waals surface area contributed by atoms with Gasteiger partial charge in [-0.2, -0.15) is 0 Å². The van der Waals surface area contributed by atoms with Crippen molar-refractivity contribution in [3.63, 3.8) is 0 Å². The zero-order chi connectivity index (χ0) is 18.4. The van der Waals surface area contributed by atoms with Crippen LogP contribution >= 0.6 is 24.8 Å². The van der Waals surface area contributed by atoms with Gasteiger partial charge in [0.2, 0.25) is 0 Å². The molecule has 2 atom stereocenters. The highest BCUT2D eigenvalue weighted by Gasteiger charge is 2.44. The van der Waals surface area contributed by atoms with Gasteiger partial charge in [0, 0.05) is 19.0 Å². The van der Waals surface area contributed by atoms with Gasteiger partial charge in [-0.25, -0.2) is 0 Å². The lowest BCUT2D eigenvalue weighted by Gasteiger charge is -2.31. The zero-order valence-corrected chi connectivity index (χ0v) is 17.3. The first kappa shape index (κ1) is 26.2. The zero-order valence-electron chi connectivity index (χ0n) is 15.7. The molecule has 0 aliphatic carbocycles.